The maximum absolute atomic E-state index is 13.5. The van der Waals surface area contributed by atoms with Crippen molar-refractivity contribution in [3.63, 3.8) is 0 Å². The van der Waals surface area contributed by atoms with E-state index in [1.165, 1.54) is 4.90 Å². The maximum atomic E-state index is 13.5. The first-order valence-electron chi connectivity index (χ1n) is 10.5. The van der Waals surface area contributed by atoms with Crippen molar-refractivity contribution < 1.29 is 14.3 Å². The highest BCUT2D eigenvalue weighted by Crippen LogP contribution is 2.34. The molecule has 31 heavy (non-hydrogen) atoms. The zero-order valence-corrected chi connectivity index (χ0v) is 18.6. The number of piperazine rings is 1. The number of hydrogen-bond acceptors (Lipinski definition) is 5. The number of nitrogens with zero attached hydrogens (tertiary/aromatic N) is 3. The van der Waals surface area contributed by atoms with Crippen LogP contribution in [0.2, 0.25) is 5.02 Å². The number of ether oxygens (including phenoxy) is 1. The summed E-state index contributed by atoms with van der Waals surface area (Å²) < 4.78 is 5.25. The number of rotatable bonds is 6. The fourth-order valence-corrected chi connectivity index (χ4v) is 4.30. The molecule has 2 aliphatic rings. The first-order chi connectivity index (χ1) is 15.0. The van der Waals surface area contributed by atoms with Gasteiger partial charge in [0.15, 0.2) is 0 Å². The predicted molar refractivity (Wildman–Crippen MR) is 121 cm³/mol. The number of imide groups is 1. The van der Waals surface area contributed by atoms with Crippen molar-refractivity contribution in [3.8, 4) is 5.75 Å². The Morgan fingerprint density at radius 2 is 1.61 bits per heavy atom. The highest BCUT2D eigenvalue weighted by molar-refractivity contribution is 6.35. The third-order valence-corrected chi connectivity index (χ3v) is 6.31. The topological polar surface area (TPSA) is 53.1 Å². The van der Waals surface area contributed by atoms with Crippen LogP contribution in [0.3, 0.4) is 0 Å². The van der Waals surface area contributed by atoms with Crippen molar-refractivity contribution in [2.45, 2.75) is 13.5 Å². The second-order valence-corrected chi connectivity index (χ2v) is 8.07. The average molecular weight is 440 g/mol. The van der Waals surface area contributed by atoms with E-state index >= 15 is 0 Å². The van der Waals surface area contributed by atoms with E-state index in [4.69, 9.17) is 16.3 Å². The minimum absolute atomic E-state index is 0.148. The van der Waals surface area contributed by atoms with Gasteiger partial charge in [-0.2, -0.15) is 0 Å². The SMILES string of the molecule is CCN1CCN(C2=C(c3ccc(OC)cc3)C(=O)N(Cc3ccccc3Cl)C2=O)CC1. The summed E-state index contributed by atoms with van der Waals surface area (Å²) in [5.74, 6) is 0.149. The summed E-state index contributed by atoms with van der Waals surface area (Å²) in [6.07, 6.45) is 0. The van der Waals surface area contributed by atoms with Crippen LogP contribution in [0.1, 0.15) is 18.1 Å². The van der Waals surface area contributed by atoms with Crippen LogP contribution < -0.4 is 4.74 Å². The van der Waals surface area contributed by atoms with Gasteiger partial charge < -0.3 is 14.5 Å². The lowest BCUT2D eigenvalue weighted by Gasteiger charge is -2.36. The molecule has 2 aromatic rings. The Labute approximate surface area is 187 Å². The Bertz CT molecular complexity index is 1010. The van der Waals surface area contributed by atoms with Crippen LogP contribution in [-0.4, -0.2) is 66.3 Å². The van der Waals surface area contributed by atoms with Gasteiger partial charge in [0, 0.05) is 31.2 Å². The highest BCUT2D eigenvalue weighted by atomic mass is 35.5. The van der Waals surface area contributed by atoms with Crippen LogP contribution in [0.15, 0.2) is 54.2 Å². The molecule has 2 aliphatic heterocycles. The molecule has 0 unspecified atom stereocenters. The lowest BCUT2D eigenvalue weighted by molar-refractivity contribution is -0.138. The number of amides is 2. The molecule has 0 spiro atoms. The van der Waals surface area contributed by atoms with Crippen molar-refractivity contribution in [3.05, 3.63) is 70.4 Å². The second-order valence-electron chi connectivity index (χ2n) is 7.66. The standard InChI is InChI=1S/C24H26ClN3O3/c1-3-26-12-14-27(15-13-26)22-21(17-8-10-19(31-2)11-9-17)23(29)28(24(22)30)16-18-6-4-5-7-20(18)25/h4-11H,3,12-16H2,1-2H3. The van der Waals surface area contributed by atoms with Gasteiger partial charge in [-0.25, -0.2) is 0 Å². The Morgan fingerprint density at radius 1 is 0.935 bits per heavy atom. The number of carbonyl (C=O) groups is 2. The number of hydrogen-bond donors (Lipinski definition) is 0. The molecule has 0 bridgehead atoms. The summed E-state index contributed by atoms with van der Waals surface area (Å²) in [5.41, 5.74) is 2.40. The fraction of sp³-hybridized carbons (Fsp3) is 0.333. The van der Waals surface area contributed by atoms with Gasteiger partial charge in [0.25, 0.3) is 11.8 Å². The molecule has 0 radical (unpaired) electrons. The second kappa shape index (κ2) is 9.12. The van der Waals surface area contributed by atoms with Crippen molar-refractivity contribution in [2.24, 2.45) is 0 Å². The van der Waals surface area contributed by atoms with Crippen LogP contribution in [-0.2, 0) is 16.1 Å². The van der Waals surface area contributed by atoms with Crippen molar-refractivity contribution in [2.75, 3.05) is 39.8 Å². The molecule has 2 amide bonds. The molecular weight excluding hydrogens is 414 g/mol. The smallest absolute Gasteiger partial charge is 0.278 e. The Morgan fingerprint density at radius 3 is 2.23 bits per heavy atom. The third-order valence-electron chi connectivity index (χ3n) is 5.94. The number of benzene rings is 2. The molecule has 0 N–H and O–H groups in total. The molecular formula is C24H26ClN3O3. The van der Waals surface area contributed by atoms with Crippen LogP contribution in [0, 0.1) is 0 Å². The molecule has 0 saturated carbocycles. The van der Waals surface area contributed by atoms with Crippen LogP contribution in [0.5, 0.6) is 5.75 Å². The number of likely N-dealkylation sites (N-methyl/N-ethyl adjacent to an activating group) is 1. The molecule has 0 aliphatic carbocycles. The Balaban J connectivity index is 1.71. The summed E-state index contributed by atoms with van der Waals surface area (Å²) in [4.78, 5) is 32.7. The third kappa shape index (κ3) is 4.18. The molecule has 162 valence electrons. The van der Waals surface area contributed by atoms with Crippen LogP contribution >= 0.6 is 11.6 Å². The number of halogens is 1. The van der Waals surface area contributed by atoms with Gasteiger partial charge >= 0.3 is 0 Å². The first-order valence-corrected chi connectivity index (χ1v) is 10.9. The Hall–Kier alpha value is -2.83. The molecule has 6 nitrogen and oxygen atoms in total. The summed E-state index contributed by atoms with van der Waals surface area (Å²) in [7, 11) is 1.60. The van der Waals surface area contributed by atoms with Gasteiger partial charge in [0.1, 0.15) is 11.4 Å². The van der Waals surface area contributed by atoms with E-state index in [-0.39, 0.29) is 18.4 Å². The summed E-state index contributed by atoms with van der Waals surface area (Å²) in [6.45, 7) is 6.40. The van der Waals surface area contributed by atoms with E-state index < -0.39 is 0 Å². The first kappa shape index (κ1) is 21.4. The number of carbonyl (C=O) groups excluding carboxylic acids is 2. The zero-order valence-electron chi connectivity index (χ0n) is 17.8. The average Bonchev–Trinajstić information content (AvgIpc) is 3.05. The van der Waals surface area contributed by atoms with Crippen molar-refractivity contribution >= 4 is 29.0 Å². The van der Waals surface area contributed by atoms with Crippen LogP contribution in [0.4, 0.5) is 0 Å². The quantitative estimate of drug-likeness (QED) is 0.646. The largest absolute Gasteiger partial charge is 0.497 e. The highest BCUT2D eigenvalue weighted by Gasteiger charge is 2.42. The summed E-state index contributed by atoms with van der Waals surface area (Å²) in [5, 5.41) is 0.541. The van der Waals surface area contributed by atoms with Crippen molar-refractivity contribution in [1.82, 2.24) is 14.7 Å². The molecule has 0 atom stereocenters. The van der Waals surface area contributed by atoms with E-state index in [2.05, 4.69) is 16.7 Å². The van der Waals surface area contributed by atoms with Gasteiger partial charge in [0.2, 0.25) is 0 Å². The van der Waals surface area contributed by atoms with E-state index in [9.17, 15) is 9.59 Å². The minimum Gasteiger partial charge on any atom is -0.497 e. The molecule has 1 fully saturated rings. The van der Waals surface area contributed by atoms with Gasteiger partial charge in [-0.3, -0.25) is 14.5 Å². The lowest BCUT2D eigenvalue weighted by Crippen LogP contribution is -2.47. The van der Waals surface area contributed by atoms with E-state index in [1.807, 2.05) is 42.5 Å². The van der Waals surface area contributed by atoms with E-state index in [0.29, 0.717) is 40.7 Å². The van der Waals surface area contributed by atoms with E-state index in [1.54, 1.807) is 13.2 Å². The summed E-state index contributed by atoms with van der Waals surface area (Å²) >= 11 is 6.31. The molecule has 1 saturated heterocycles. The van der Waals surface area contributed by atoms with Gasteiger partial charge in [0.05, 0.1) is 19.2 Å². The minimum atomic E-state index is -0.289. The number of methoxy groups -OCH3 is 1. The molecule has 2 heterocycles. The maximum Gasteiger partial charge on any atom is 0.278 e. The Kier molecular flexibility index (Phi) is 6.30. The van der Waals surface area contributed by atoms with Crippen molar-refractivity contribution in [1.29, 1.82) is 0 Å². The fourth-order valence-electron chi connectivity index (χ4n) is 4.10. The molecule has 0 aromatic heterocycles. The molecule has 4 rings (SSSR count). The zero-order chi connectivity index (χ0) is 22.0. The van der Waals surface area contributed by atoms with Gasteiger partial charge in [-0.1, -0.05) is 48.9 Å². The molecule has 7 heteroatoms. The lowest BCUT2D eigenvalue weighted by atomic mass is 10.0. The van der Waals surface area contributed by atoms with Gasteiger partial charge in [-0.15, -0.1) is 0 Å². The molecule has 2 aromatic carbocycles. The predicted octanol–water partition coefficient (Wildman–Crippen LogP) is 3.27. The van der Waals surface area contributed by atoms with Gasteiger partial charge in [-0.05, 0) is 35.9 Å². The van der Waals surface area contributed by atoms with E-state index in [0.717, 1.165) is 25.2 Å². The monoisotopic (exact) mass is 439 g/mol. The van der Waals surface area contributed by atoms with Crippen LogP contribution in [0.25, 0.3) is 5.57 Å². The summed E-state index contributed by atoms with van der Waals surface area (Å²) in [6, 6.07) is 14.6. The normalized spacial score (nSPS) is 17.6.